The van der Waals surface area contributed by atoms with Gasteiger partial charge in [0.2, 0.25) is 0 Å². The zero-order chi connectivity index (χ0) is 14.8. The summed E-state index contributed by atoms with van der Waals surface area (Å²) in [5.41, 5.74) is 1.92. The number of anilines is 1. The maximum Gasteiger partial charge on any atom is 0.255 e. The minimum atomic E-state index is -0.340. The van der Waals surface area contributed by atoms with Crippen LogP contribution in [0.1, 0.15) is 5.56 Å². The Morgan fingerprint density at radius 3 is 2.71 bits per heavy atom. The topological polar surface area (TPSA) is 38.3 Å². The number of hydrogen-bond acceptors (Lipinski definition) is 2. The molecular formula is C16H11BrFNO2. The van der Waals surface area contributed by atoms with Crippen molar-refractivity contribution in [1.29, 1.82) is 0 Å². The summed E-state index contributed by atoms with van der Waals surface area (Å²) in [4.78, 5) is 12.2. The lowest BCUT2D eigenvalue weighted by Gasteiger charge is -2.18. The van der Waals surface area contributed by atoms with Crippen molar-refractivity contribution in [3.63, 3.8) is 0 Å². The third-order valence-electron chi connectivity index (χ3n) is 3.08. The molecular weight excluding hydrogens is 337 g/mol. The van der Waals surface area contributed by atoms with E-state index in [2.05, 4.69) is 21.2 Å². The third-order valence-corrected chi connectivity index (χ3v) is 3.58. The van der Waals surface area contributed by atoms with Gasteiger partial charge in [0.1, 0.15) is 18.2 Å². The van der Waals surface area contributed by atoms with E-state index in [1.165, 1.54) is 24.3 Å². The second-order valence-electron chi connectivity index (χ2n) is 4.60. The van der Waals surface area contributed by atoms with Crippen molar-refractivity contribution in [2.24, 2.45) is 0 Å². The minimum Gasteiger partial charge on any atom is -0.488 e. The van der Waals surface area contributed by atoms with Gasteiger partial charge in [0.15, 0.2) is 0 Å². The van der Waals surface area contributed by atoms with E-state index in [9.17, 15) is 9.18 Å². The van der Waals surface area contributed by atoms with E-state index in [0.29, 0.717) is 11.3 Å². The average Bonchev–Trinajstić information content (AvgIpc) is 2.49. The number of rotatable bonds is 2. The fraction of sp³-hybridized carbons (Fsp3) is 0.0625. The van der Waals surface area contributed by atoms with E-state index in [-0.39, 0.29) is 18.3 Å². The molecule has 0 atom stereocenters. The quantitative estimate of drug-likeness (QED) is 0.891. The molecule has 0 saturated heterocycles. The van der Waals surface area contributed by atoms with Crippen LogP contribution in [-0.2, 0) is 4.79 Å². The number of halogens is 2. The van der Waals surface area contributed by atoms with Gasteiger partial charge in [-0.25, -0.2) is 4.39 Å². The number of amides is 1. The first kappa shape index (κ1) is 13.8. The minimum absolute atomic E-state index is 0.205. The first-order valence-corrected chi connectivity index (χ1v) is 7.11. The van der Waals surface area contributed by atoms with Crippen LogP contribution in [0, 0.1) is 5.82 Å². The van der Waals surface area contributed by atoms with Gasteiger partial charge in [-0.2, -0.15) is 0 Å². The van der Waals surface area contributed by atoms with Crippen molar-refractivity contribution >= 4 is 33.6 Å². The molecule has 0 spiro atoms. The number of ether oxygens (including phenoxy) is 1. The molecule has 3 nitrogen and oxygen atoms in total. The van der Waals surface area contributed by atoms with E-state index in [1.807, 2.05) is 18.2 Å². The lowest BCUT2D eigenvalue weighted by Crippen LogP contribution is -2.21. The highest BCUT2D eigenvalue weighted by molar-refractivity contribution is 9.10. The lowest BCUT2D eigenvalue weighted by atomic mass is 10.1. The summed E-state index contributed by atoms with van der Waals surface area (Å²) in [6.45, 7) is 0.205. The molecule has 0 aliphatic carbocycles. The Labute approximate surface area is 129 Å². The molecule has 0 bridgehead atoms. The van der Waals surface area contributed by atoms with Crippen LogP contribution in [0.15, 0.2) is 52.5 Å². The smallest absolute Gasteiger partial charge is 0.255 e. The zero-order valence-corrected chi connectivity index (χ0v) is 12.5. The van der Waals surface area contributed by atoms with Crippen molar-refractivity contribution in [2.45, 2.75) is 0 Å². The van der Waals surface area contributed by atoms with Crippen LogP contribution in [0.5, 0.6) is 5.75 Å². The Kier molecular flexibility index (Phi) is 3.75. The van der Waals surface area contributed by atoms with Gasteiger partial charge in [0, 0.05) is 15.7 Å². The Hall–Kier alpha value is -2.14. The van der Waals surface area contributed by atoms with Gasteiger partial charge < -0.3 is 10.1 Å². The van der Waals surface area contributed by atoms with E-state index >= 15 is 0 Å². The summed E-state index contributed by atoms with van der Waals surface area (Å²) in [5, 5.41) is 2.72. The Morgan fingerprint density at radius 2 is 1.95 bits per heavy atom. The maximum absolute atomic E-state index is 12.8. The summed E-state index contributed by atoms with van der Waals surface area (Å²) >= 11 is 3.37. The monoisotopic (exact) mass is 347 g/mol. The van der Waals surface area contributed by atoms with Crippen LogP contribution in [0.2, 0.25) is 0 Å². The molecule has 1 N–H and O–H groups in total. The van der Waals surface area contributed by atoms with E-state index in [4.69, 9.17) is 4.74 Å². The Balaban J connectivity index is 1.79. The second-order valence-corrected chi connectivity index (χ2v) is 5.52. The number of benzene rings is 2. The molecule has 3 rings (SSSR count). The van der Waals surface area contributed by atoms with Crippen LogP contribution in [0.4, 0.5) is 10.1 Å². The van der Waals surface area contributed by atoms with Crippen molar-refractivity contribution in [3.8, 4) is 5.75 Å². The second kappa shape index (κ2) is 5.69. The van der Waals surface area contributed by atoms with Gasteiger partial charge in [-0.05, 0) is 42.5 Å². The van der Waals surface area contributed by atoms with Crippen LogP contribution in [0.3, 0.4) is 0 Å². The molecule has 106 valence electrons. The molecule has 2 aromatic carbocycles. The average molecular weight is 348 g/mol. The largest absolute Gasteiger partial charge is 0.488 e. The van der Waals surface area contributed by atoms with E-state index in [0.717, 1.165) is 15.8 Å². The highest BCUT2D eigenvalue weighted by atomic mass is 79.9. The molecule has 1 aliphatic heterocycles. The Morgan fingerprint density at radius 1 is 1.19 bits per heavy atom. The summed E-state index contributed by atoms with van der Waals surface area (Å²) in [6.07, 6.45) is 1.80. The fourth-order valence-electron chi connectivity index (χ4n) is 2.01. The predicted molar refractivity (Wildman–Crippen MR) is 82.6 cm³/mol. The molecule has 0 unspecified atom stereocenters. The SMILES string of the molecule is O=C(Nc1ccc(F)cc1)C1=Cc2ccc(Br)cc2OC1. The number of fused-ring (bicyclic) bond motifs is 1. The molecule has 1 aliphatic rings. The van der Waals surface area contributed by atoms with Crippen molar-refractivity contribution < 1.29 is 13.9 Å². The van der Waals surface area contributed by atoms with Crippen LogP contribution >= 0.6 is 15.9 Å². The van der Waals surface area contributed by atoms with Gasteiger partial charge in [-0.15, -0.1) is 0 Å². The first-order valence-electron chi connectivity index (χ1n) is 6.32. The lowest BCUT2D eigenvalue weighted by molar-refractivity contribution is -0.113. The molecule has 5 heteroatoms. The molecule has 21 heavy (non-hydrogen) atoms. The van der Waals surface area contributed by atoms with E-state index in [1.54, 1.807) is 6.08 Å². The van der Waals surface area contributed by atoms with E-state index < -0.39 is 0 Å². The fourth-order valence-corrected chi connectivity index (χ4v) is 2.35. The van der Waals surface area contributed by atoms with Crippen molar-refractivity contribution in [1.82, 2.24) is 0 Å². The summed E-state index contributed by atoms with van der Waals surface area (Å²) in [7, 11) is 0. The summed E-state index contributed by atoms with van der Waals surface area (Å²) < 4.78 is 19.3. The zero-order valence-electron chi connectivity index (χ0n) is 10.9. The Bertz CT molecular complexity index is 726. The highest BCUT2D eigenvalue weighted by Gasteiger charge is 2.17. The standard InChI is InChI=1S/C16H11BrFNO2/c17-12-2-1-10-7-11(9-21-15(10)8-12)16(20)19-14-5-3-13(18)4-6-14/h1-8H,9H2,(H,19,20). The molecule has 0 fully saturated rings. The molecule has 2 aromatic rings. The van der Waals surface area contributed by atoms with Crippen LogP contribution < -0.4 is 10.1 Å². The molecule has 0 aromatic heterocycles. The normalized spacial score (nSPS) is 13.0. The predicted octanol–water partition coefficient (Wildman–Crippen LogP) is 4.00. The van der Waals surface area contributed by atoms with Gasteiger partial charge in [0.25, 0.3) is 5.91 Å². The third kappa shape index (κ3) is 3.13. The van der Waals surface area contributed by atoms with Gasteiger partial charge in [0.05, 0.1) is 5.57 Å². The number of carbonyl (C=O) groups is 1. The molecule has 0 radical (unpaired) electrons. The molecule has 0 saturated carbocycles. The number of hydrogen-bond donors (Lipinski definition) is 1. The van der Waals surface area contributed by atoms with Gasteiger partial charge in [-0.3, -0.25) is 4.79 Å². The molecule has 1 amide bonds. The van der Waals surface area contributed by atoms with Crippen molar-refractivity contribution in [2.75, 3.05) is 11.9 Å². The highest BCUT2D eigenvalue weighted by Crippen LogP contribution is 2.29. The first-order chi connectivity index (χ1) is 10.1. The van der Waals surface area contributed by atoms with Crippen molar-refractivity contribution in [3.05, 3.63) is 63.9 Å². The van der Waals surface area contributed by atoms with Crippen LogP contribution in [-0.4, -0.2) is 12.5 Å². The molecule has 1 heterocycles. The summed E-state index contributed by atoms with van der Waals surface area (Å²) in [5.74, 6) is 0.144. The van der Waals surface area contributed by atoms with Gasteiger partial charge in [-0.1, -0.05) is 22.0 Å². The maximum atomic E-state index is 12.8. The number of carbonyl (C=O) groups excluding carboxylic acids is 1. The van der Waals surface area contributed by atoms with Crippen LogP contribution in [0.25, 0.3) is 6.08 Å². The van der Waals surface area contributed by atoms with Gasteiger partial charge >= 0.3 is 0 Å². The summed E-state index contributed by atoms with van der Waals surface area (Å²) in [6, 6.07) is 11.3. The number of nitrogens with one attached hydrogen (secondary N) is 1.